The molecule has 5 atom stereocenters. The number of rotatable bonds is 1. The average molecular weight is 480 g/mol. The van der Waals surface area contributed by atoms with Crippen molar-refractivity contribution in [2.75, 3.05) is 26.7 Å². The smallest absolute Gasteiger partial charge is 0.255 e. The molecule has 2 amide bonds. The minimum absolute atomic E-state index is 0.0821. The van der Waals surface area contributed by atoms with Crippen molar-refractivity contribution in [3.63, 3.8) is 0 Å². The minimum Gasteiger partial charge on any atom is -0.493 e. The Kier molecular flexibility index (Phi) is 7.04. The van der Waals surface area contributed by atoms with Crippen LogP contribution in [0.2, 0.25) is 0 Å². The lowest BCUT2D eigenvalue weighted by molar-refractivity contribution is -0.133. The quantitative estimate of drug-likeness (QED) is 0.578. The highest BCUT2D eigenvalue weighted by molar-refractivity contribution is 5.98. The number of likely N-dealkylation sites (N-methyl/N-ethyl adjacent to an activating group) is 1. The zero-order valence-corrected chi connectivity index (χ0v) is 20.0. The Morgan fingerprint density at radius 3 is 2.69 bits per heavy atom. The third-order valence-corrected chi connectivity index (χ3v) is 7.28. The molecule has 35 heavy (non-hydrogen) atoms. The van der Waals surface area contributed by atoms with Crippen molar-refractivity contribution < 1.29 is 24.2 Å². The van der Waals surface area contributed by atoms with Crippen LogP contribution in [-0.4, -0.2) is 79.0 Å². The molecular formula is C27H33N3O5. The Bertz CT molecular complexity index is 1060. The molecule has 186 valence electrons. The number of fused-ring (bicyclic) bond motifs is 5. The van der Waals surface area contributed by atoms with E-state index in [0.717, 1.165) is 17.5 Å². The number of hydrogen-bond donors (Lipinski definition) is 3. The highest BCUT2D eigenvalue weighted by Gasteiger charge is 2.37. The second-order valence-corrected chi connectivity index (χ2v) is 9.76. The van der Waals surface area contributed by atoms with Gasteiger partial charge in [-0.05, 0) is 49.6 Å². The van der Waals surface area contributed by atoms with Crippen molar-refractivity contribution in [1.29, 1.82) is 0 Å². The summed E-state index contributed by atoms with van der Waals surface area (Å²) >= 11 is 0. The van der Waals surface area contributed by atoms with Crippen molar-refractivity contribution in [2.24, 2.45) is 0 Å². The van der Waals surface area contributed by atoms with Crippen LogP contribution in [-0.2, 0) is 9.53 Å². The number of aliphatic hydroxyl groups is 1. The van der Waals surface area contributed by atoms with Gasteiger partial charge in [-0.3, -0.25) is 14.5 Å². The fraction of sp³-hybridized carbons (Fsp3) is 0.481. The van der Waals surface area contributed by atoms with E-state index in [1.807, 2.05) is 60.5 Å². The van der Waals surface area contributed by atoms with Crippen molar-refractivity contribution in [1.82, 2.24) is 15.5 Å². The van der Waals surface area contributed by atoms with Crippen LogP contribution in [0.15, 0.2) is 48.5 Å². The molecule has 2 aromatic carbocycles. The molecule has 0 unspecified atom stereocenters. The Labute approximate surface area is 205 Å². The van der Waals surface area contributed by atoms with Crippen LogP contribution >= 0.6 is 0 Å². The van der Waals surface area contributed by atoms with E-state index in [1.54, 1.807) is 0 Å². The monoisotopic (exact) mass is 479 g/mol. The third-order valence-electron chi connectivity index (χ3n) is 7.28. The van der Waals surface area contributed by atoms with Gasteiger partial charge in [0.1, 0.15) is 11.9 Å². The molecule has 2 aromatic rings. The number of hydrogen-bond acceptors (Lipinski definition) is 6. The van der Waals surface area contributed by atoms with Gasteiger partial charge < -0.3 is 25.2 Å². The van der Waals surface area contributed by atoms with Gasteiger partial charge in [0.25, 0.3) is 5.91 Å². The molecule has 3 N–H and O–H groups in total. The first-order chi connectivity index (χ1) is 17.0. The van der Waals surface area contributed by atoms with Crippen LogP contribution in [0.5, 0.6) is 5.75 Å². The molecule has 0 spiro atoms. The molecule has 8 nitrogen and oxygen atoms in total. The van der Waals surface area contributed by atoms with Gasteiger partial charge in [-0.15, -0.1) is 0 Å². The van der Waals surface area contributed by atoms with Crippen molar-refractivity contribution in [3.05, 3.63) is 54.1 Å². The summed E-state index contributed by atoms with van der Waals surface area (Å²) in [6.45, 7) is 1.22. The molecular weight excluding hydrogens is 446 g/mol. The van der Waals surface area contributed by atoms with Gasteiger partial charge in [-0.25, -0.2) is 0 Å². The number of aliphatic hydroxyl groups excluding tert-OH is 1. The van der Waals surface area contributed by atoms with E-state index >= 15 is 0 Å². The summed E-state index contributed by atoms with van der Waals surface area (Å²) in [4.78, 5) is 28.1. The summed E-state index contributed by atoms with van der Waals surface area (Å²) in [6.07, 6.45) is 1.36. The molecule has 2 saturated heterocycles. The average Bonchev–Trinajstić information content (AvgIpc) is 3.23. The summed E-state index contributed by atoms with van der Waals surface area (Å²) in [5.41, 5.74) is 2.50. The highest BCUT2D eigenvalue weighted by Crippen LogP contribution is 2.29. The molecule has 5 rings (SSSR count). The van der Waals surface area contributed by atoms with E-state index < -0.39 is 12.2 Å². The first-order valence-corrected chi connectivity index (χ1v) is 12.4. The van der Waals surface area contributed by atoms with E-state index in [1.165, 1.54) is 0 Å². The van der Waals surface area contributed by atoms with Crippen LogP contribution in [0.4, 0.5) is 0 Å². The molecule has 4 bridgehead atoms. The number of nitrogens with zero attached hydrogens (tertiary/aromatic N) is 1. The maximum Gasteiger partial charge on any atom is 0.255 e. The topological polar surface area (TPSA) is 100 Å². The highest BCUT2D eigenvalue weighted by atomic mass is 16.5. The number of benzene rings is 2. The van der Waals surface area contributed by atoms with E-state index in [-0.39, 0.29) is 36.5 Å². The molecule has 0 aromatic heterocycles. The van der Waals surface area contributed by atoms with Crippen LogP contribution in [0, 0.1) is 0 Å². The van der Waals surface area contributed by atoms with E-state index in [9.17, 15) is 14.7 Å². The predicted octanol–water partition coefficient (Wildman–Crippen LogP) is 1.96. The van der Waals surface area contributed by atoms with Gasteiger partial charge in [0.05, 0.1) is 30.4 Å². The first kappa shape index (κ1) is 23.8. The van der Waals surface area contributed by atoms with E-state index in [0.29, 0.717) is 43.7 Å². The van der Waals surface area contributed by atoms with E-state index in [2.05, 4.69) is 10.6 Å². The number of ether oxygens (including phenoxy) is 2. The second kappa shape index (κ2) is 10.4. The number of amides is 2. The Morgan fingerprint density at radius 2 is 1.86 bits per heavy atom. The zero-order chi connectivity index (χ0) is 24.4. The standard InChI is InChI=1S/C27H33N3O5/c1-30-16-19-14-22(30)27(33)28-15-25-23(31)10-8-20(35-25)11-12-34-24-13-18(17-5-3-2-4-6-17)7-9-21(24)26(32)29-19/h2-7,9,13,19-20,22-23,25,31H,8,10-12,14-16H2,1H3,(H,28,33)(H,29,32)/t19-,20-,22-,23-,25+/m0/s1. The fourth-order valence-electron chi connectivity index (χ4n) is 5.28. The maximum absolute atomic E-state index is 13.3. The fourth-order valence-corrected chi connectivity index (χ4v) is 5.28. The van der Waals surface area contributed by atoms with Crippen molar-refractivity contribution in [3.8, 4) is 16.9 Å². The maximum atomic E-state index is 13.3. The molecule has 3 aliphatic heterocycles. The summed E-state index contributed by atoms with van der Waals surface area (Å²) < 4.78 is 12.3. The first-order valence-electron chi connectivity index (χ1n) is 12.4. The minimum atomic E-state index is -0.603. The molecule has 0 radical (unpaired) electrons. The molecule has 2 fully saturated rings. The molecule has 3 heterocycles. The van der Waals surface area contributed by atoms with Gasteiger partial charge in [-0.2, -0.15) is 0 Å². The number of nitrogens with one attached hydrogen (secondary N) is 2. The molecule has 3 aliphatic rings. The summed E-state index contributed by atoms with van der Waals surface area (Å²) in [7, 11) is 1.88. The number of carbonyl (C=O) groups excluding carboxylic acids is 2. The zero-order valence-electron chi connectivity index (χ0n) is 20.0. The lowest BCUT2D eigenvalue weighted by Crippen LogP contribution is -2.49. The Balaban J connectivity index is 1.43. The van der Waals surface area contributed by atoms with Crippen molar-refractivity contribution >= 4 is 11.8 Å². The van der Waals surface area contributed by atoms with Crippen LogP contribution in [0.1, 0.15) is 36.0 Å². The third kappa shape index (κ3) is 5.34. The van der Waals surface area contributed by atoms with Crippen LogP contribution in [0.3, 0.4) is 0 Å². The lowest BCUT2D eigenvalue weighted by Gasteiger charge is -2.34. The van der Waals surface area contributed by atoms with Gasteiger partial charge in [0, 0.05) is 25.6 Å². The number of carbonyl (C=O) groups is 2. The normalized spacial score (nSPS) is 30.1. The van der Waals surface area contributed by atoms with Gasteiger partial charge in [0.15, 0.2) is 0 Å². The summed E-state index contributed by atoms with van der Waals surface area (Å²) in [5.74, 6) is 0.220. The summed E-state index contributed by atoms with van der Waals surface area (Å²) in [5, 5.41) is 16.5. The molecule has 0 aliphatic carbocycles. The number of likely N-dealkylation sites (tertiary alicyclic amines) is 1. The SMILES string of the molecule is CN1C[C@@H]2C[C@H]1C(=O)NC[C@H]1O[C@H](CCOc3cc(-c4ccccc4)ccc3C(=O)N2)CC[C@@H]1O. The Morgan fingerprint density at radius 1 is 1.03 bits per heavy atom. The molecule has 8 heteroatoms. The van der Waals surface area contributed by atoms with Crippen molar-refractivity contribution in [2.45, 2.75) is 56.1 Å². The second-order valence-electron chi connectivity index (χ2n) is 9.76. The van der Waals surface area contributed by atoms with Gasteiger partial charge in [0.2, 0.25) is 5.91 Å². The largest absolute Gasteiger partial charge is 0.493 e. The summed E-state index contributed by atoms with van der Waals surface area (Å²) in [6, 6.07) is 15.1. The van der Waals surface area contributed by atoms with Crippen LogP contribution in [0.25, 0.3) is 11.1 Å². The van der Waals surface area contributed by atoms with Gasteiger partial charge >= 0.3 is 0 Å². The van der Waals surface area contributed by atoms with Crippen LogP contribution < -0.4 is 15.4 Å². The molecule has 0 saturated carbocycles. The lowest BCUT2D eigenvalue weighted by atomic mass is 9.99. The van der Waals surface area contributed by atoms with E-state index in [4.69, 9.17) is 9.47 Å². The predicted molar refractivity (Wildman–Crippen MR) is 131 cm³/mol. The van der Waals surface area contributed by atoms with Gasteiger partial charge in [-0.1, -0.05) is 36.4 Å². The Hall–Kier alpha value is -2.94.